The van der Waals surface area contributed by atoms with E-state index in [2.05, 4.69) is 0 Å². The van der Waals surface area contributed by atoms with Crippen molar-refractivity contribution in [1.82, 2.24) is 0 Å². The lowest BCUT2D eigenvalue weighted by Gasteiger charge is -2.20. The third-order valence-corrected chi connectivity index (χ3v) is 3.75. The number of esters is 1. The van der Waals surface area contributed by atoms with Gasteiger partial charge in [0.05, 0.1) is 18.1 Å². The molecule has 1 aliphatic heterocycles. The van der Waals surface area contributed by atoms with Gasteiger partial charge in [-0.1, -0.05) is 12.1 Å². The maximum Gasteiger partial charge on any atom is 0.342 e. The molecule has 2 aromatic rings. The Kier molecular flexibility index (Phi) is 5.33. The standard InChI is InChI=1S/C18H17NO7/c1-2-24-16-6-4-3-5-15(16)18(20)25-10-13-8-14(19(21)22)7-12-9-23-11-26-17(12)13/h3-8H,2,9-11H2,1H3. The molecular weight excluding hydrogens is 342 g/mol. The van der Waals surface area contributed by atoms with Gasteiger partial charge in [-0.15, -0.1) is 0 Å². The average Bonchev–Trinajstić information content (AvgIpc) is 2.66. The van der Waals surface area contributed by atoms with Crippen LogP contribution in [-0.4, -0.2) is 24.3 Å². The number of hydrogen-bond donors (Lipinski definition) is 0. The van der Waals surface area contributed by atoms with Gasteiger partial charge < -0.3 is 18.9 Å². The predicted molar refractivity (Wildman–Crippen MR) is 90.1 cm³/mol. The smallest absolute Gasteiger partial charge is 0.342 e. The molecule has 8 heteroatoms. The number of rotatable bonds is 6. The molecule has 26 heavy (non-hydrogen) atoms. The summed E-state index contributed by atoms with van der Waals surface area (Å²) in [6, 6.07) is 9.47. The van der Waals surface area contributed by atoms with Crippen LogP contribution in [0.2, 0.25) is 0 Å². The van der Waals surface area contributed by atoms with Gasteiger partial charge in [0.1, 0.15) is 23.7 Å². The second-order valence-electron chi connectivity index (χ2n) is 5.47. The number of hydrogen-bond acceptors (Lipinski definition) is 7. The molecule has 1 heterocycles. The molecule has 0 saturated heterocycles. The Morgan fingerprint density at radius 1 is 1.31 bits per heavy atom. The first-order valence-electron chi connectivity index (χ1n) is 7.99. The van der Waals surface area contributed by atoms with Gasteiger partial charge in [0, 0.05) is 23.3 Å². The molecule has 0 spiro atoms. The van der Waals surface area contributed by atoms with Gasteiger partial charge in [-0.05, 0) is 19.1 Å². The van der Waals surface area contributed by atoms with Crippen LogP contribution < -0.4 is 9.47 Å². The van der Waals surface area contributed by atoms with E-state index >= 15 is 0 Å². The van der Waals surface area contributed by atoms with Gasteiger partial charge in [-0.3, -0.25) is 10.1 Å². The third-order valence-electron chi connectivity index (χ3n) is 3.75. The molecule has 0 N–H and O–H groups in total. The summed E-state index contributed by atoms with van der Waals surface area (Å²) in [5, 5.41) is 11.1. The van der Waals surface area contributed by atoms with Crippen LogP contribution in [0.5, 0.6) is 11.5 Å². The fraction of sp³-hybridized carbons (Fsp3) is 0.278. The molecule has 136 valence electrons. The molecule has 0 aliphatic carbocycles. The number of carbonyl (C=O) groups is 1. The zero-order valence-electron chi connectivity index (χ0n) is 14.1. The summed E-state index contributed by atoms with van der Waals surface area (Å²) < 4.78 is 21.3. The molecule has 0 unspecified atom stereocenters. The number of nitrogens with zero attached hydrogens (tertiary/aromatic N) is 1. The van der Waals surface area contributed by atoms with Gasteiger partial charge in [0.15, 0.2) is 6.79 Å². The van der Waals surface area contributed by atoms with E-state index in [1.165, 1.54) is 12.1 Å². The highest BCUT2D eigenvalue weighted by Crippen LogP contribution is 2.33. The van der Waals surface area contributed by atoms with Gasteiger partial charge in [-0.25, -0.2) is 4.79 Å². The molecule has 0 bridgehead atoms. The summed E-state index contributed by atoms with van der Waals surface area (Å²) in [5.41, 5.74) is 1.14. The Morgan fingerprint density at radius 3 is 2.88 bits per heavy atom. The maximum absolute atomic E-state index is 12.4. The quantitative estimate of drug-likeness (QED) is 0.444. The minimum absolute atomic E-state index is 0.0406. The second-order valence-corrected chi connectivity index (χ2v) is 5.47. The highest BCUT2D eigenvalue weighted by molar-refractivity contribution is 5.92. The van der Waals surface area contributed by atoms with Crippen molar-refractivity contribution in [2.45, 2.75) is 20.1 Å². The van der Waals surface area contributed by atoms with Gasteiger partial charge in [-0.2, -0.15) is 0 Å². The normalized spacial score (nSPS) is 12.7. The van der Waals surface area contributed by atoms with Crippen LogP contribution >= 0.6 is 0 Å². The number of non-ortho nitro benzene ring substituents is 1. The number of nitro groups is 1. The number of benzene rings is 2. The van der Waals surface area contributed by atoms with E-state index in [4.69, 9.17) is 18.9 Å². The van der Waals surface area contributed by atoms with Crippen molar-refractivity contribution in [1.29, 1.82) is 0 Å². The third kappa shape index (κ3) is 3.75. The van der Waals surface area contributed by atoms with Crippen molar-refractivity contribution in [2.24, 2.45) is 0 Å². The monoisotopic (exact) mass is 359 g/mol. The number of ether oxygens (including phenoxy) is 4. The SMILES string of the molecule is CCOc1ccccc1C(=O)OCc1cc([N+](=O)[O-])cc2c1OCOC2. The first-order chi connectivity index (χ1) is 12.6. The lowest BCUT2D eigenvalue weighted by Crippen LogP contribution is -2.15. The fourth-order valence-corrected chi connectivity index (χ4v) is 2.63. The van der Waals surface area contributed by atoms with Gasteiger partial charge in [0.25, 0.3) is 5.69 Å². The van der Waals surface area contributed by atoms with Crippen LogP contribution in [0.25, 0.3) is 0 Å². The summed E-state index contributed by atoms with van der Waals surface area (Å²) in [7, 11) is 0. The predicted octanol–water partition coefficient (Wildman–Crippen LogP) is 3.22. The van der Waals surface area contributed by atoms with Crippen molar-refractivity contribution in [2.75, 3.05) is 13.4 Å². The first kappa shape index (κ1) is 17.7. The second kappa shape index (κ2) is 7.83. The molecule has 1 aliphatic rings. The largest absolute Gasteiger partial charge is 0.493 e. The van der Waals surface area contributed by atoms with Crippen molar-refractivity contribution in [3.05, 3.63) is 63.2 Å². The topological polar surface area (TPSA) is 97.1 Å². The summed E-state index contributed by atoms with van der Waals surface area (Å²) in [6.07, 6.45) is 0. The zero-order valence-corrected chi connectivity index (χ0v) is 14.1. The van der Waals surface area contributed by atoms with Crippen LogP contribution in [0.1, 0.15) is 28.4 Å². The highest BCUT2D eigenvalue weighted by atomic mass is 16.7. The molecule has 3 rings (SSSR count). The van der Waals surface area contributed by atoms with E-state index in [0.29, 0.717) is 29.2 Å². The Hall–Kier alpha value is -3.13. The van der Waals surface area contributed by atoms with Gasteiger partial charge in [0.2, 0.25) is 0 Å². The number of para-hydroxylation sites is 1. The molecule has 0 atom stereocenters. The molecule has 0 fully saturated rings. The van der Waals surface area contributed by atoms with E-state index in [-0.39, 0.29) is 31.3 Å². The van der Waals surface area contributed by atoms with Crippen LogP contribution in [0.3, 0.4) is 0 Å². The molecule has 0 amide bonds. The minimum Gasteiger partial charge on any atom is -0.493 e. The van der Waals surface area contributed by atoms with Crippen molar-refractivity contribution in [3.8, 4) is 11.5 Å². The lowest BCUT2D eigenvalue weighted by atomic mass is 10.1. The van der Waals surface area contributed by atoms with E-state index in [1.54, 1.807) is 24.3 Å². The highest BCUT2D eigenvalue weighted by Gasteiger charge is 2.22. The van der Waals surface area contributed by atoms with Gasteiger partial charge >= 0.3 is 5.97 Å². The summed E-state index contributed by atoms with van der Waals surface area (Å²) in [6.45, 7) is 2.31. The molecular formula is C18H17NO7. The van der Waals surface area contributed by atoms with E-state index in [9.17, 15) is 14.9 Å². The van der Waals surface area contributed by atoms with E-state index in [0.717, 1.165) is 0 Å². The first-order valence-corrected chi connectivity index (χ1v) is 7.99. The Labute approximate surface area is 149 Å². The Balaban J connectivity index is 1.82. The summed E-state index contributed by atoms with van der Waals surface area (Å²) in [5.74, 6) is 0.292. The van der Waals surface area contributed by atoms with Crippen LogP contribution in [-0.2, 0) is 22.7 Å². The summed E-state index contributed by atoms with van der Waals surface area (Å²) >= 11 is 0. The van der Waals surface area contributed by atoms with Crippen molar-refractivity contribution >= 4 is 11.7 Å². The van der Waals surface area contributed by atoms with Crippen molar-refractivity contribution < 1.29 is 28.7 Å². The minimum atomic E-state index is -0.582. The van der Waals surface area contributed by atoms with E-state index in [1.807, 2.05) is 6.92 Å². The Bertz CT molecular complexity index is 834. The van der Waals surface area contributed by atoms with E-state index < -0.39 is 10.9 Å². The van der Waals surface area contributed by atoms with Crippen LogP contribution in [0.4, 0.5) is 5.69 Å². The molecule has 0 saturated carbocycles. The number of nitro benzene ring substituents is 1. The maximum atomic E-state index is 12.4. The van der Waals surface area contributed by atoms with Crippen molar-refractivity contribution in [3.63, 3.8) is 0 Å². The number of fused-ring (bicyclic) bond motifs is 1. The Morgan fingerprint density at radius 2 is 2.12 bits per heavy atom. The molecule has 2 aromatic carbocycles. The van der Waals surface area contributed by atoms with Crippen LogP contribution in [0.15, 0.2) is 36.4 Å². The average molecular weight is 359 g/mol. The molecule has 0 radical (unpaired) electrons. The van der Waals surface area contributed by atoms with Crippen LogP contribution in [0, 0.1) is 10.1 Å². The molecule has 0 aromatic heterocycles. The molecule has 8 nitrogen and oxygen atoms in total. The zero-order chi connectivity index (χ0) is 18.5. The summed E-state index contributed by atoms with van der Waals surface area (Å²) in [4.78, 5) is 23.0. The fourth-order valence-electron chi connectivity index (χ4n) is 2.63. The number of carbonyl (C=O) groups excluding carboxylic acids is 1. The lowest BCUT2D eigenvalue weighted by molar-refractivity contribution is -0.385.